The van der Waals surface area contributed by atoms with E-state index in [0.717, 1.165) is 0 Å². The van der Waals surface area contributed by atoms with Crippen molar-refractivity contribution in [3.05, 3.63) is 0 Å². The minimum Gasteiger partial charge on any atom is -0.331 e. The van der Waals surface area contributed by atoms with Gasteiger partial charge in [0, 0.05) is 62.5 Å². The molecule has 0 aliphatic carbocycles. The van der Waals surface area contributed by atoms with Gasteiger partial charge in [0.05, 0.1) is 13.2 Å². The number of rotatable bonds is 13. The highest BCUT2D eigenvalue weighted by molar-refractivity contribution is 7.48. The molecule has 2 rings (SSSR count). The number of nitrogens with zero attached hydrogens (tertiary/aromatic N) is 2. The van der Waals surface area contributed by atoms with E-state index in [1.54, 1.807) is 0 Å². The smallest absolute Gasteiger partial charge is 0.187 e. The molecular formula is C14H28Cl4N4O4P2. The Kier molecular flexibility index (Phi) is 14.4. The number of halogens is 4. The maximum atomic E-state index is 5.88. The molecule has 0 spiro atoms. The van der Waals surface area contributed by atoms with Crippen LogP contribution in [0.2, 0.25) is 0 Å². The van der Waals surface area contributed by atoms with Crippen LogP contribution in [-0.2, 0) is 18.8 Å². The van der Waals surface area contributed by atoms with E-state index in [1.165, 1.54) is 0 Å². The molecule has 0 aromatic heterocycles. The molecule has 4 unspecified atom stereocenters. The zero-order valence-electron chi connectivity index (χ0n) is 15.6. The first kappa shape index (κ1) is 26.0. The van der Waals surface area contributed by atoms with Crippen molar-refractivity contribution < 1.29 is 18.8 Å². The van der Waals surface area contributed by atoms with Gasteiger partial charge in [-0.2, -0.15) is 0 Å². The average Bonchev–Trinajstić information content (AvgIpc) is 2.72. The van der Waals surface area contributed by atoms with Crippen molar-refractivity contribution in [2.45, 2.75) is 25.3 Å². The van der Waals surface area contributed by atoms with Gasteiger partial charge in [0.25, 0.3) is 0 Å². The summed E-state index contributed by atoms with van der Waals surface area (Å²) in [6.07, 6.45) is 0.866. The van der Waals surface area contributed by atoms with Gasteiger partial charge < -0.3 is 9.05 Å². The topological polar surface area (TPSA) is 67.5 Å². The second-order valence-electron chi connectivity index (χ2n) is 5.88. The third kappa shape index (κ3) is 9.05. The van der Waals surface area contributed by atoms with Crippen molar-refractivity contribution in [2.75, 3.05) is 62.9 Å². The van der Waals surface area contributed by atoms with E-state index in [-0.39, 0.29) is 12.5 Å². The normalized spacial score (nSPS) is 28.9. The van der Waals surface area contributed by atoms with Crippen molar-refractivity contribution in [1.29, 1.82) is 0 Å². The van der Waals surface area contributed by atoms with Crippen LogP contribution in [0.1, 0.15) is 12.8 Å². The van der Waals surface area contributed by atoms with E-state index in [9.17, 15) is 0 Å². The molecule has 2 heterocycles. The molecule has 28 heavy (non-hydrogen) atoms. The highest BCUT2D eigenvalue weighted by Crippen LogP contribution is 2.42. The summed E-state index contributed by atoms with van der Waals surface area (Å²) >= 11 is 23.5. The summed E-state index contributed by atoms with van der Waals surface area (Å²) in [6, 6.07) is 0. The molecule has 14 heteroatoms. The fourth-order valence-corrected chi connectivity index (χ4v) is 7.13. The quantitative estimate of drug-likeness (QED) is 0.165. The summed E-state index contributed by atoms with van der Waals surface area (Å²) in [6.45, 7) is 3.96. The highest BCUT2D eigenvalue weighted by atomic mass is 35.5. The molecule has 0 radical (unpaired) electrons. The van der Waals surface area contributed by atoms with Gasteiger partial charge in [0.2, 0.25) is 0 Å². The molecule has 166 valence electrons. The zero-order chi connectivity index (χ0) is 20.2. The summed E-state index contributed by atoms with van der Waals surface area (Å²) in [5, 5.41) is 6.68. The Morgan fingerprint density at radius 3 is 1.39 bits per heavy atom. The molecule has 0 aromatic rings. The lowest BCUT2D eigenvalue weighted by molar-refractivity contribution is -0.361. The standard InChI is InChI=1S/C14H28Cl4N4O4P2/c15-3-7-21(8-4-16)27-19-13(1-11-23-27)25-26-14-2-12-24-28(20-14)22(9-5-17)10-6-18/h13-14,19-20H,1-12H2. The van der Waals surface area contributed by atoms with Gasteiger partial charge in [-0.3, -0.25) is 0 Å². The van der Waals surface area contributed by atoms with Crippen molar-refractivity contribution >= 4 is 63.3 Å². The summed E-state index contributed by atoms with van der Waals surface area (Å²) in [7, 11) is -2.03. The number of hydrogen-bond acceptors (Lipinski definition) is 8. The zero-order valence-corrected chi connectivity index (χ0v) is 20.4. The third-order valence-electron chi connectivity index (χ3n) is 3.87. The Morgan fingerprint density at radius 1 is 0.714 bits per heavy atom. The van der Waals surface area contributed by atoms with Gasteiger partial charge in [-0.05, 0) is 0 Å². The molecule has 2 N–H and O–H groups in total. The van der Waals surface area contributed by atoms with Crippen molar-refractivity contribution in [3.8, 4) is 0 Å². The molecule has 8 nitrogen and oxygen atoms in total. The second-order valence-corrected chi connectivity index (χ2v) is 10.6. The van der Waals surface area contributed by atoms with Gasteiger partial charge in [0.1, 0.15) is 0 Å². The van der Waals surface area contributed by atoms with Crippen molar-refractivity contribution in [1.82, 2.24) is 19.5 Å². The minimum absolute atomic E-state index is 0.259. The molecule has 0 amide bonds. The highest BCUT2D eigenvalue weighted by Gasteiger charge is 2.31. The Bertz CT molecular complexity index is 380. The van der Waals surface area contributed by atoms with E-state index in [1.807, 2.05) is 0 Å². The van der Waals surface area contributed by atoms with Gasteiger partial charge in [-0.25, -0.2) is 29.3 Å². The Labute approximate surface area is 189 Å². The monoisotopic (exact) mass is 518 g/mol. The fourth-order valence-electron chi connectivity index (χ4n) is 2.52. The average molecular weight is 520 g/mol. The SMILES string of the molecule is ClCCN(CCCl)P1NC(OOC2CCOP(N(CCCl)CCCl)N2)CCO1. The van der Waals surface area contributed by atoms with Crippen molar-refractivity contribution in [3.63, 3.8) is 0 Å². The van der Waals surface area contributed by atoms with Crippen LogP contribution in [0.5, 0.6) is 0 Å². The van der Waals surface area contributed by atoms with Crippen LogP contribution in [0.25, 0.3) is 0 Å². The lowest BCUT2D eigenvalue weighted by Crippen LogP contribution is -2.44. The molecule has 2 aliphatic rings. The molecule has 0 bridgehead atoms. The first-order valence-electron chi connectivity index (χ1n) is 9.16. The van der Waals surface area contributed by atoms with Crippen LogP contribution >= 0.6 is 63.3 Å². The van der Waals surface area contributed by atoms with E-state index in [4.69, 9.17) is 65.2 Å². The number of hydrogen-bond donors (Lipinski definition) is 2. The first-order valence-corrected chi connectivity index (χ1v) is 13.7. The van der Waals surface area contributed by atoms with Crippen molar-refractivity contribution in [2.24, 2.45) is 0 Å². The third-order valence-corrected chi connectivity index (χ3v) is 8.24. The first-order chi connectivity index (χ1) is 13.7. The maximum Gasteiger partial charge on any atom is 0.187 e. The summed E-state index contributed by atoms with van der Waals surface area (Å²) in [4.78, 5) is 11.3. The molecular weight excluding hydrogens is 492 g/mol. The van der Waals surface area contributed by atoms with E-state index in [2.05, 4.69) is 19.5 Å². The predicted molar refractivity (Wildman–Crippen MR) is 117 cm³/mol. The van der Waals surface area contributed by atoms with Crippen LogP contribution in [0.15, 0.2) is 0 Å². The van der Waals surface area contributed by atoms with Crippen LogP contribution in [0.3, 0.4) is 0 Å². The Morgan fingerprint density at radius 2 is 1.07 bits per heavy atom. The Balaban J connectivity index is 1.78. The molecule has 2 aliphatic heterocycles. The van der Waals surface area contributed by atoms with E-state index < -0.39 is 16.9 Å². The summed E-state index contributed by atoms with van der Waals surface area (Å²) in [5.41, 5.74) is 0. The number of nitrogens with one attached hydrogen (secondary N) is 2. The fraction of sp³-hybridized carbons (Fsp3) is 1.00. The minimum atomic E-state index is -1.01. The van der Waals surface area contributed by atoms with Gasteiger partial charge in [-0.15, -0.1) is 46.4 Å². The van der Waals surface area contributed by atoms with Gasteiger partial charge in [-0.1, -0.05) is 0 Å². The summed E-state index contributed by atoms with van der Waals surface area (Å²) in [5.74, 6) is 2.05. The van der Waals surface area contributed by atoms with Crippen LogP contribution in [0.4, 0.5) is 0 Å². The maximum absolute atomic E-state index is 5.88. The summed E-state index contributed by atoms with van der Waals surface area (Å²) < 4.78 is 15.9. The molecule has 2 fully saturated rings. The van der Waals surface area contributed by atoms with Crippen LogP contribution < -0.4 is 10.2 Å². The molecule has 2 saturated heterocycles. The lowest BCUT2D eigenvalue weighted by atomic mass is 10.4. The van der Waals surface area contributed by atoms with Crippen LogP contribution in [0, 0.1) is 0 Å². The lowest BCUT2D eigenvalue weighted by Gasteiger charge is -2.38. The second kappa shape index (κ2) is 15.5. The largest absolute Gasteiger partial charge is 0.331 e. The van der Waals surface area contributed by atoms with Gasteiger partial charge >= 0.3 is 0 Å². The van der Waals surface area contributed by atoms with Gasteiger partial charge in [0.15, 0.2) is 29.4 Å². The van der Waals surface area contributed by atoms with E-state index >= 15 is 0 Å². The van der Waals surface area contributed by atoms with Crippen LogP contribution in [-0.4, -0.2) is 84.7 Å². The molecule has 4 atom stereocenters. The molecule has 0 aromatic carbocycles. The predicted octanol–water partition coefficient (Wildman–Crippen LogP) is 3.62. The molecule has 0 saturated carbocycles. The number of alkyl halides is 4. The Hall–Kier alpha value is 1.70. The van der Waals surface area contributed by atoms with E-state index in [0.29, 0.717) is 75.8 Å².